The molecule has 1 N–H and O–H groups in total. The molecule has 214 valence electrons. The highest BCUT2D eigenvalue weighted by Crippen LogP contribution is 2.30. The summed E-state index contributed by atoms with van der Waals surface area (Å²) in [4.78, 5) is 54.1. The Morgan fingerprint density at radius 3 is 2.31 bits per heavy atom. The number of piperidine rings is 2. The van der Waals surface area contributed by atoms with E-state index in [2.05, 4.69) is 5.32 Å². The van der Waals surface area contributed by atoms with Crippen LogP contribution in [0.15, 0.2) is 18.2 Å². The van der Waals surface area contributed by atoms with Gasteiger partial charge in [-0.25, -0.2) is 9.59 Å². The largest absolute Gasteiger partial charge is 0.444 e. The molecule has 1 aromatic carbocycles. The summed E-state index contributed by atoms with van der Waals surface area (Å²) in [6.07, 6.45) is 2.13. The number of carbonyl (C=O) groups is 4. The number of imide groups is 1. The van der Waals surface area contributed by atoms with Crippen molar-refractivity contribution in [1.82, 2.24) is 15.1 Å². The van der Waals surface area contributed by atoms with Crippen molar-refractivity contribution in [2.45, 2.75) is 58.5 Å². The predicted molar refractivity (Wildman–Crippen MR) is 147 cm³/mol. The molecule has 3 heterocycles. The topological polar surface area (TPSA) is 108 Å². The molecule has 1 aromatic rings. The van der Waals surface area contributed by atoms with Crippen LogP contribution in [0.4, 0.5) is 15.3 Å². The van der Waals surface area contributed by atoms with Crippen LogP contribution in [0.2, 0.25) is 5.02 Å². The first kappa shape index (κ1) is 26.4. The maximum atomic E-state index is 13.2. The van der Waals surface area contributed by atoms with Crippen molar-refractivity contribution in [3.8, 4) is 0 Å². The molecule has 5 amide bonds. The predicted octanol–water partition coefficient (Wildman–Crippen LogP) is 4.30. The lowest BCUT2D eigenvalue weighted by molar-refractivity contribution is -0.120. The standard InChI is InChI=1S/C28H39ClN4O6/c1-28(2,3)39-27(37)32-13-8-20(9-14-32)18-38-17-19-6-11-31(12-7-19)25(35)21-4-5-22(29)23(16-21)33-15-10-24(34)30-26(33)36/h4-5,16,19-20H,6-15,17-18H2,1-3H3,(H,30,34,36)/i18D2. The van der Waals surface area contributed by atoms with Gasteiger partial charge < -0.3 is 19.3 Å². The second-order valence-electron chi connectivity index (χ2n) is 11.3. The third-order valence-corrected chi connectivity index (χ3v) is 7.47. The number of likely N-dealkylation sites (tertiary alicyclic amines) is 2. The van der Waals surface area contributed by atoms with Crippen molar-refractivity contribution in [3.05, 3.63) is 28.8 Å². The van der Waals surface area contributed by atoms with Crippen LogP contribution in [0.3, 0.4) is 0 Å². The summed E-state index contributed by atoms with van der Waals surface area (Å²) in [6, 6.07) is 4.22. The zero-order valence-electron chi connectivity index (χ0n) is 24.8. The summed E-state index contributed by atoms with van der Waals surface area (Å²) < 4.78 is 28.2. The Morgan fingerprint density at radius 2 is 1.67 bits per heavy atom. The summed E-state index contributed by atoms with van der Waals surface area (Å²) in [5, 5.41) is 2.58. The van der Waals surface area contributed by atoms with Crippen molar-refractivity contribution in [2.75, 3.05) is 50.8 Å². The Bertz CT molecular complexity index is 1160. The molecular weight excluding hydrogens is 524 g/mol. The normalized spacial score (nSPS) is 20.9. The van der Waals surface area contributed by atoms with Crippen molar-refractivity contribution in [1.29, 1.82) is 0 Å². The van der Waals surface area contributed by atoms with E-state index in [4.69, 9.17) is 23.8 Å². The Balaban J connectivity index is 1.25. The maximum absolute atomic E-state index is 13.2. The van der Waals surface area contributed by atoms with Gasteiger partial charge in [0.15, 0.2) is 0 Å². The fourth-order valence-corrected chi connectivity index (χ4v) is 5.14. The van der Waals surface area contributed by atoms with Gasteiger partial charge in [-0.3, -0.25) is 19.8 Å². The number of urea groups is 1. The van der Waals surface area contributed by atoms with Gasteiger partial charge in [-0.15, -0.1) is 0 Å². The second-order valence-corrected chi connectivity index (χ2v) is 11.7. The lowest BCUT2D eigenvalue weighted by atomic mass is 9.96. The molecule has 3 aliphatic rings. The van der Waals surface area contributed by atoms with Crippen LogP contribution in [0.25, 0.3) is 0 Å². The van der Waals surface area contributed by atoms with Gasteiger partial charge in [0.05, 0.1) is 13.5 Å². The molecule has 3 fully saturated rings. The van der Waals surface area contributed by atoms with E-state index in [1.807, 2.05) is 20.8 Å². The Hall–Kier alpha value is -2.85. The van der Waals surface area contributed by atoms with E-state index < -0.39 is 18.2 Å². The van der Waals surface area contributed by atoms with Gasteiger partial charge in [0, 0.05) is 57.9 Å². The molecular formula is C28H39ClN4O6. The first-order chi connectivity index (χ1) is 19.2. The zero-order chi connectivity index (χ0) is 29.9. The fraction of sp³-hybridized carbons (Fsp3) is 0.643. The van der Waals surface area contributed by atoms with Crippen LogP contribution < -0.4 is 10.2 Å². The number of benzene rings is 1. The first-order valence-corrected chi connectivity index (χ1v) is 13.9. The lowest BCUT2D eigenvalue weighted by Crippen LogP contribution is -2.49. The molecule has 0 radical (unpaired) electrons. The summed E-state index contributed by atoms with van der Waals surface area (Å²) in [5.41, 5.74) is 0.208. The summed E-state index contributed by atoms with van der Waals surface area (Å²) in [5.74, 6) is -0.727. The van der Waals surface area contributed by atoms with E-state index in [-0.39, 0.29) is 49.3 Å². The number of anilines is 1. The molecule has 0 saturated carbocycles. The molecule has 0 aliphatic carbocycles. The van der Waals surface area contributed by atoms with Gasteiger partial charge in [0.25, 0.3) is 5.91 Å². The third kappa shape index (κ3) is 7.85. The van der Waals surface area contributed by atoms with Crippen LogP contribution >= 0.6 is 11.6 Å². The van der Waals surface area contributed by atoms with Gasteiger partial charge in [-0.05, 0) is 76.5 Å². The summed E-state index contributed by atoms with van der Waals surface area (Å²) in [6.45, 7) is 5.95. The lowest BCUT2D eigenvalue weighted by Gasteiger charge is -2.34. The highest BCUT2D eigenvalue weighted by Gasteiger charge is 2.30. The minimum absolute atomic E-state index is 0.117. The number of rotatable bonds is 6. The monoisotopic (exact) mass is 564 g/mol. The molecule has 0 atom stereocenters. The molecule has 0 unspecified atom stereocenters. The van der Waals surface area contributed by atoms with E-state index >= 15 is 0 Å². The average molecular weight is 565 g/mol. The van der Waals surface area contributed by atoms with Crippen molar-refractivity contribution >= 4 is 41.2 Å². The summed E-state index contributed by atoms with van der Waals surface area (Å²) in [7, 11) is 0. The van der Waals surface area contributed by atoms with Crippen molar-refractivity contribution < 1.29 is 31.4 Å². The van der Waals surface area contributed by atoms with E-state index in [1.54, 1.807) is 28.0 Å². The first-order valence-electron chi connectivity index (χ1n) is 14.6. The Kier molecular flexibility index (Phi) is 8.49. The zero-order valence-corrected chi connectivity index (χ0v) is 23.6. The van der Waals surface area contributed by atoms with E-state index in [9.17, 15) is 19.2 Å². The van der Waals surface area contributed by atoms with E-state index in [1.165, 1.54) is 4.90 Å². The molecule has 39 heavy (non-hydrogen) atoms. The maximum Gasteiger partial charge on any atom is 0.410 e. The number of hydrogen-bond donors (Lipinski definition) is 1. The molecule has 3 saturated heterocycles. The molecule has 4 rings (SSSR count). The highest BCUT2D eigenvalue weighted by molar-refractivity contribution is 6.34. The van der Waals surface area contributed by atoms with Gasteiger partial charge in [-0.1, -0.05) is 11.6 Å². The number of nitrogens with one attached hydrogen (secondary N) is 1. The van der Waals surface area contributed by atoms with E-state index in [0.29, 0.717) is 68.1 Å². The third-order valence-electron chi connectivity index (χ3n) is 7.16. The summed E-state index contributed by atoms with van der Waals surface area (Å²) >= 11 is 6.31. The molecule has 0 aromatic heterocycles. The smallest absolute Gasteiger partial charge is 0.410 e. The molecule has 0 spiro atoms. The number of nitrogens with zero attached hydrogens (tertiary/aromatic N) is 3. The minimum atomic E-state index is -1.81. The number of amides is 5. The van der Waals surface area contributed by atoms with Crippen LogP contribution in [0.5, 0.6) is 0 Å². The molecule has 11 heteroatoms. The SMILES string of the molecule is [2H]C([2H])(OCC1CCN(C(=O)c2ccc(Cl)c(N3CCC(=O)NC3=O)c2)CC1)C1CCN(C(=O)OC(C)(C)C)CC1. The quantitative estimate of drug-likeness (QED) is 0.552. The number of carbonyl (C=O) groups excluding carboxylic acids is 4. The molecule has 10 nitrogen and oxygen atoms in total. The fourth-order valence-electron chi connectivity index (χ4n) is 4.92. The molecule has 0 bridgehead atoms. The van der Waals surface area contributed by atoms with Gasteiger partial charge in [0.2, 0.25) is 5.91 Å². The highest BCUT2D eigenvalue weighted by atomic mass is 35.5. The number of halogens is 1. The van der Waals surface area contributed by atoms with Crippen LogP contribution in [-0.4, -0.2) is 85.2 Å². The van der Waals surface area contributed by atoms with Crippen molar-refractivity contribution in [3.63, 3.8) is 0 Å². The van der Waals surface area contributed by atoms with Gasteiger partial charge in [0.1, 0.15) is 5.60 Å². The van der Waals surface area contributed by atoms with Gasteiger partial charge in [-0.2, -0.15) is 0 Å². The molecule has 3 aliphatic heterocycles. The number of ether oxygens (including phenoxy) is 2. The second kappa shape index (κ2) is 12.6. The minimum Gasteiger partial charge on any atom is -0.444 e. The van der Waals surface area contributed by atoms with E-state index in [0.717, 1.165) is 0 Å². The van der Waals surface area contributed by atoms with Crippen LogP contribution in [0.1, 0.15) is 66.0 Å². The average Bonchev–Trinajstić information content (AvgIpc) is 2.92. The number of hydrogen-bond acceptors (Lipinski definition) is 6. The van der Waals surface area contributed by atoms with Gasteiger partial charge >= 0.3 is 12.1 Å². The Labute approximate surface area is 237 Å². The van der Waals surface area contributed by atoms with Crippen LogP contribution in [0, 0.1) is 11.8 Å². The van der Waals surface area contributed by atoms with Crippen molar-refractivity contribution in [2.24, 2.45) is 11.8 Å². The van der Waals surface area contributed by atoms with Crippen LogP contribution in [-0.2, 0) is 14.3 Å². The Morgan fingerprint density at radius 1 is 1.03 bits per heavy atom.